The van der Waals surface area contributed by atoms with Crippen molar-refractivity contribution in [1.29, 1.82) is 0 Å². The Balaban J connectivity index is 0.00000240. The monoisotopic (exact) mass is 430 g/mol. The summed E-state index contributed by atoms with van der Waals surface area (Å²) >= 11 is 0. The quantitative estimate of drug-likeness (QED) is 0.798. The SMILES string of the molecule is Cl.NC1(c2noc(C3CC(=O)N(Cc4cccc(C(F)(F)F)c4)C3)n2)CCCC1. The molecule has 29 heavy (non-hydrogen) atoms. The Bertz CT molecular complexity index is 880. The molecule has 2 aromatic rings. The molecule has 6 nitrogen and oxygen atoms in total. The number of carbonyl (C=O) groups is 1. The third-order valence-corrected chi connectivity index (χ3v) is 5.57. The number of likely N-dealkylation sites (tertiary alicyclic amines) is 1. The summed E-state index contributed by atoms with van der Waals surface area (Å²) in [5, 5.41) is 4.02. The number of hydrogen-bond donors (Lipinski definition) is 1. The maximum absolute atomic E-state index is 12.9. The average Bonchev–Trinajstić information content (AvgIpc) is 3.36. The van der Waals surface area contributed by atoms with E-state index in [1.165, 1.54) is 11.0 Å². The van der Waals surface area contributed by atoms with Crippen LogP contribution in [-0.4, -0.2) is 27.5 Å². The van der Waals surface area contributed by atoms with E-state index >= 15 is 0 Å². The van der Waals surface area contributed by atoms with Crippen molar-refractivity contribution in [2.75, 3.05) is 6.54 Å². The molecule has 1 aliphatic heterocycles. The molecular weight excluding hydrogens is 409 g/mol. The number of halogens is 4. The molecule has 2 heterocycles. The van der Waals surface area contributed by atoms with Gasteiger partial charge in [0.2, 0.25) is 11.8 Å². The molecule has 4 rings (SSSR count). The van der Waals surface area contributed by atoms with E-state index in [9.17, 15) is 18.0 Å². The molecule has 2 aliphatic rings. The third-order valence-electron chi connectivity index (χ3n) is 5.57. The molecule has 1 aliphatic carbocycles. The van der Waals surface area contributed by atoms with Gasteiger partial charge in [0.15, 0.2) is 5.82 Å². The summed E-state index contributed by atoms with van der Waals surface area (Å²) in [6.45, 7) is 0.440. The summed E-state index contributed by atoms with van der Waals surface area (Å²) in [4.78, 5) is 18.3. The van der Waals surface area contributed by atoms with Crippen molar-refractivity contribution in [1.82, 2.24) is 15.0 Å². The Morgan fingerprint density at radius 1 is 1.28 bits per heavy atom. The molecule has 1 amide bonds. The van der Waals surface area contributed by atoms with Crippen LogP contribution in [0.5, 0.6) is 0 Å². The molecule has 2 N–H and O–H groups in total. The van der Waals surface area contributed by atoms with Crippen molar-refractivity contribution in [2.24, 2.45) is 5.73 Å². The van der Waals surface area contributed by atoms with Crippen LogP contribution in [0, 0.1) is 0 Å². The Morgan fingerprint density at radius 3 is 2.69 bits per heavy atom. The summed E-state index contributed by atoms with van der Waals surface area (Å²) in [5.41, 5.74) is 5.49. The molecule has 0 spiro atoms. The topological polar surface area (TPSA) is 85.2 Å². The maximum atomic E-state index is 12.9. The first-order valence-corrected chi connectivity index (χ1v) is 9.31. The molecule has 1 unspecified atom stereocenters. The Labute approximate surface area is 172 Å². The van der Waals surface area contributed by atoms with Crippen LogP contribution in [0.2, 0.25) is 0 Å². The highest BCUT2D eigenvalue weighted by Gasteiger charge is 2.39. The van der Waals surface area contributed by atoms with Gasteiger partial charge >= 0.3 is 6.18 Å². The highest BCUT2D eigenvalue weighted by molar-refractivity contribution is 5.85. The van der Waals surface area contributed by atoms with E-state index in [4.69, 9.17) is 10.3 Å². The zero-order chi connectivity index (χ0) is 19.9. The molecule has 1 saturated carbocycles. The summed E-state index contributed by atoms with van der Waals surface area (Å²) in [6.07, 6.45) is -0.571. The van der Waals surface area contributed by atoms with E-state index in [-0.39, 0.29) is 37.2 Å². The molecule has 1 atom stereocenters. The number of amides is 1. The van der Waals surface area contributed by atoms with Gasteiger partial charge in [0, 0.05) is 19.5 Å². The van der Waals surface area contributed by atoms with Gasteiger partial charge in [-0.25, -0.2) is 0 Å². The van der Waals surface area contributed by atoms with Crippen molar-refractivity contribution in [2.45, 2.75) is 56.3 Å². The smallest absolute Gasteiger partial charge is 0.339 e. The molecule has 158 valence electrons. The largest absolute Gasteiger partial charge is 0.416 e. The Morgan fingerprint density at radius 2 is 2.00 bits per heavy atom. The number of hydrogen-bond acceptors (Lipinski definition) is 5. The lowest BCUT2D eigenvalue weighted by Crippen LogP contribution is -2.34. The van der Waals surface area contributed by atoms with Gasteiger partial charge in [-0.15, -0.1) is 12.4 Å². The van der Waals surface area contributed by atoms with Gasteiger partial charge in [-0.1, -0.05) is 30.1 Å². The van der Waals surface area contributed by atoms with E-state index in [2.05, 4.69) is 10.1 Å². The molecule has 1 aromatic carbocycles. The molecule has 10 heteroatoms. The first-order chi connectivity index (χ1) is 13.2. The van der Waals surface area contributed by atoms with E-state index in [0.717, 1.165) is 37.8 Å². The second kappa shape index (κ2) is 7.95. The fraction of sp³-hybridized carbons (Fsp3) is 0.526. The first kappa shape index (κ1) is 21.6. The minimum absolute atomic E-state index is 0. The van der Waals surface area contributed by atoms with Crippen LogP contribution in [0.15, 0.2) is 28.8 Å². The first-order valence-electron chi connectivity index (χ1n) is 9.31. The molecule has 0 radical (unpaired) electrons. The number of aromatic nitrogens is 2. The standard InChI is InChI=1S/C19H21F3N4O2.ClH/c20-19(21,22)14-5-3-4-12(8-14)10-26-11-13(9-15(26)27)16-24-17(25-28-16)18(23)6-1-2-7-18;/h3-5,8,13H,1-2,6-7,9-11,23H2;1H. The highest BCUT2D eigenvalue weighted by atomic mass is 35.5. The summed E-state index contributed by atoms with van der Waals surface area (Å²) in [6, 6.07) is 5.02. The fourth-order valence-corrected chi connectivity index (χ4v) is 3.99. The lowest BCUT2D eigenvalue weighted by atomic mass is 9.98. The summed E-state index contributed by atoms with van der Waals surface area (Å²) in [5.74, 6) is 0.422. The average molecular weight is 431 g/mol. The van der Waals surface area contributed by atoms with Gasteiger partial charge in [0.25, 0.3) is 0 Å². The van der Waals surface area contributed by atoms with Crippen LogP contribution in [0.1, 0.15) is 60.9 Å². The van der Waals surface area contributed by atoms with E-state index in [1.54, 1.807) is 6.07 Å². The fourth-order valence-electron chi connectivity index (χ4n) is 3.99. The summed E-state index contributed by atoms with van der Waals surface area (Å²) < 4.78 is 44.0. The van der Waals surface area contributed by atoms with Gasteiger partial charge in [0.1, 0.15) is 0 Å². The van der Waals surface area contributed by atoms with Crippen molar-refractivity contribution >= 4 is 18.3 Å². The van der Waals surface area contributed by atoms with Gasteiger partial charge in [-0.3, -0.25) is 4.79 Å². The van der Waals surface area contributed by atoms with Crippen LogP contribution < -0.4 is 5.73 Å². The zero-order valence-electron chi connectivity index (χ0n) is 15.6. The van der Waals surface area contributed by atoms with E-state index in [1.807, 2.05) is 0 Å². The van der Waals surface area contributed by atoms with Gasteiger partial charge < -0.3 is 15.2 Å². The summed E-state index contributed by atoms with van der Waals surface area (Å²) in [7, 11) is 0. The number of carbonyl (C=O) groups excluding carboxylic acids is 1. The zero-order valence-corrected chi connectivity index (χ0v) is 16.4. The lowest BCUT2D eigenvalue weighted by Gasteiger charge is -2.18. The Hall–Kier alpha value is -2.13. The predicted molar refractivity (Wildman–Crippen MR) is 100 cm³/mol. The molecule has 1 saturated heterocycles. The van der Waals surface area contributed by atoms with Crippen molar-refractivity contribution in [3.63, 3.8) is 0 Å². The number of alkyl halides is 3. The third kappa shape index (κ3) is 4.40. The second-order valence-electron chi connectivity index (χ2n) is 7.69. The van der Waals surface area contributed by atoms with Gasteiger partial charge in [-0.05, 0) is 30.5 Å². The van der Waals surface area contributed by atoms with Crippen LogP contribution in [0.4, 0.5) is 13.2 Å². The molecular formula is C19H22ClF3N4O2. The normalized spacial score (nSPS) is 21.4. The van der Waals surface area contributed by atoms with Crippen molar-refractivity contribution in [3.8, 4) is 0 Å². The van der Waals surface area contributed by atoms with E-state index in [0.29, 0.717) is 23.8 Å². The molecule has 0 bridgehead atoms. The van der Waals surface area contributed by atoms with Crippen LogP contribution in [0.3, 0.4) is 0 Å². The molecule has 1 aromatic heterocycles. The van der Waals surface area contributed by atoms with Crippen molar-refractivity contribution < 1.29 is 22.5 Å². The van der Waals surface area contributed by atoms with Crippen LogP contribution in [0.25, 0.3) is 0 Å². The molecule has 2 fully saturated rings. The number of nitrogens with two attached hydrogens (primary N) is 1. The number of rotatable bonds is 4. The minimum atomic E-state index is -4.41. The highest BCUT2D eigenvalue weighted by Crippen LogP contribution is 2.36. The van der Waals surface area contributed by atoms with E-state index < -0.39 is 17.3 Å². The second-order valence-corrected chi connectivity index (χ2v) is 7.69. The number of nitrogens with zero attached hydrogens (tertiary/aromatic N) is 3. The Kier molecular flexibility index (Phi) is 5.91. The van der Waals surface area contributed by atoms with Gasteiger partial charge in [-0.2, -0.15) is 18.2 Å². The number of benzene rings is 1. The maximum Gasteiger partial charge on any atom is 0.416 e. The van der Waals surface area contributed by atoms with Crippen molar-refractivity contribution in [3.05, 3.63) is 47.1 Å². The van der Waals surface area contributed by atoms with Crippen LogP contribution >= 0.6 is 12.4 Å². The minimum Gasteiger partial charge on any atom is -0.339 e. The predicted octanol–water partition coefficient (Wildman–Crippen LogP) is 3.75. The van der Waals surface area contributed by atoms with Crippen LogP contribution in [-0.2, 0) is 23.1 Å². The van der Waals surface area contributed by atoms with Gasteiger partial charge in [0.05, 0.1) is 17.0 Å². The lowest BCUT2D eigenvalue weighted by molar-refractivity contribution is -0.137.